The summed E-state index contributed by atoms with van der Waals surface area (Å²) in [6.45, 7) is 9.68. The Balaban J connectivity index is 4.71. The summed E-state index contributed by atoms with van der Waals surface area (Å²) in [5.74, 6) is -4.99. The first-order valence-electron chi connectivity index (χ1n) is 9.02. The van der Waals surface area contributed by atoms with Gasteiger partial charge in [0.05, 0.1) is 22.7 Å². The van der Waals surface area contributed by atoms with Crippen molar-refractivity contribution in [2.24, 2.45) is 22.7 Å². The zero-order chi connectivity index (χ0) is 21.4. The molecule has 8 heteroatoms. The number of carboxylic acid groups (broad SMARTS) is 2. The topological polar surface area (TPSA) is 127 Å². The predicted octanol–water partition coefficient (Wildman–Crippen LogP) is 2.74. The molecule has 0 aromatic heterocycles. The fourth-order valence-corrected chi connectivity index (χ4v) is 2.44. The van der Waals surface area contributed by atoms with Gasteiger partial charge in [-0.15, -0.1) is 0 Å². The molecule has 2 unspecified atom stereocenters. The van der Waals surface area contributed by atoms with Gasteiger partial charge in [-0.2, -0.15) is 0 Å². The van der Waals surface area contributed by atoms with Crippen molar-refractivity contribution in [1.29, 1.82) is 0 Å². The maximum Gasteiger partial charge on any atom is 0.311 e. The summed E-state index contributed by atoms with van der Waals surface area (Å²) in [4.78, 5) is 46.6. The average Bonchev–Trinajstić information content (AvgIpc) is 2.53. The summed E-state index contributed by atoms with van der Waals surface area (Å²) in [6, 6.07) is 0. The van der Waals surface area contributed by atoms with Crippen molar-refractivity contribution in [3.63, 3.8) is 0 Å². The predicted molar refractivity (Wildman–Crippen MR) is 96.9 cm³/mol. The van der Waals surface area contributed by atoms with Gasteiger partial charge >= 0.3 is 23.9 Å². The molecule has 0 spiro atoms. The Morgan fingerprint density at radius 1 is 0.815 bits per heavy atom. The third kappa shape index (κ3) is 8.88. The summed E-state index contributed by atoms with van der Waals surface area (Å²) in [5, 5.41) is 18.5. The van der Waals surface area contributed by atoms with Crippen LogP contribution >= 0.6 is 0 Å². The van der Waals surface area contributed by atoms with Crippen LogP contribution in [-0.2, 0) is 28.7 Å². The largest absolute Gasteiger partial charge is 0.481 e. The summed E-state index contributed by atoms with van der Waals surface area (Å²) in [6.07, 6.45) is 0.205. The van der Waals surface area contributed by atoms with E-state index in [-0.39, 0.29) is 26.1 Å². The van der Waals surface area contributed by atoms with E-state index < -0.39 is 46.5 Å². The molecule has 0 heterocycles. The third-order valence-electron chi connectivity index (χ3n) is 4.23. The maximum absolute atomic E-state index is 12.3. The zero-order valence-corrected chi connectivity index (χ0v) is 17.0. The Bertz CT molecular complexity index is 544. The first-order chi connectivity index (χ1) is 12.2. The van der Waals surface area contributed by atoms with Gasteiger partial charge in [-0.25, -0.2) is 0 Å². The number of hydrogen-bond acceptors (Lipinski definition) is 6. The van der Waals surface area contributed by atoms with Crippen LogP contribution in [0.4, 0.5) is 0 Å². The lowest BCUT2D eigenvalue weighted by Gasteiger charge is -2.27. The van der Waals surface area contributed by atoms with Crippen LogP contribution in [0.3, 0.4) is 0 Å². The lowest BCUT2D eigenvalue weighted by atomic mass is 9.79. The first kappa shape index (κ1) is 24.9. The van der Waals surface area contributed by atoms with Crippen molar-refractivity contribution in [3.8, 4) is 0 Å². The van der Waals surface area contributed by atoms with Gasteiger partial charge in [0.1, 0.15) is 13.2 Å². The van der Waals surface area contributed by atoms with E-state index in [4.69, 9.17) is 14.6 Å². The SMILES string of the molecule is CCC(CC(CC(C)(C)C(=O)OCCOC(=O)C(C)(C)C)C(=O)O)C(=O)O. The number of hydrogen-bond donors (Lipinski definition) is 2. The van der Waals surface area contributed by atoms with E-state index in [1.807, 2.05) is 0 Å². The standard InChI is InChI=1S/C19H32O8/c1-7-12(14(20)21)10-13(15(22)23)11-19(5,6)17(25)27-9-8-26-16(24)18(2,3)4/h12-13H,7-11H2,1-6H3,(H,20,21)(H,22,23). The monoisotopic (exact) mass is 388 g/mol. The van der Waals surface area contributed by atoms with E-state index >= 15 is 0 Å². The molecule has 0 saturated carbocycles. The molecule has 156 valence electrons. The van der Waals surface area contributed by atoms with Crippen molar-refractivity contribution in [2.45, 2.75) is 60.8 Å². The molecule has 0 aliphatic rings. The van der Waals surface area contributed by atoms with Crippen molar-refractivity contribution >= 4 is 23.9 Å². The molecule has 0 radical (unpaired) electrons. The Hall–Kier alpha value is -2.12. The number of esters is 2. The van der Waals surface area contributed by atoms with Gasteiger partial charge in [-0.1, -0.05) is 6.92 Å². The molecular weight excluding hydrogens is 356 g/mol. The van der Waals surface area contributed by atoms with Gasteiger partial charge in [0.2, 0.25) is 0 Å². The number of aliphatic carboxylic acids is 2. The van der Waals surface area contributed by atoms with Crippen LogP contribution in [0, 0.1) is 22.7 Å². The zero-order valence-electron chi connectivity index (χ0n) is 17.0. The Morgan fingerprint density at radius 2 is 1.26 bits per heavy atom. The Labute approximate surface area is 160 Å². The van der Waals surface area contributed by atoms with Crippen LogP contribution in [0.15, 0.2) is 0 Å². The number of carboxylic acids is 2. The van der Waals surface area contributed by atoms with E-state index in [0.717, 1.165) is 0 Å². The highest BCUT2D eigenvalue weighted by Crippen LogP contribution is 2.31. The third-order valence-corrected chi connectivity index (χ3v) is 4.23. The van der Waals surface area contributed by atoms with Gasteiger partial charge < -0.3 is 19.7 Å². The highest BCUT2D eigenvalue weighted by atomic mass is 16.6. The van der Waals surface area contributed by atoms with Crippen molar-refractivity contribution in [1.82, 2.24) is 0 Å². The van der Waals surface area contributed by atoms with Gasteiger partial charge in [0.25, 0.3) is 0 Å². The Morgan fingerprint density at radius 3 is 1.63 bits per heavy atom. The van der Waals surface area contributed by atoms with Crippen LogP contribution in [0.2, 0.25) is 0 Å². The van der Waals surface area contributed by atoms with Gasteiger partial charge in [-0.3, -0.25) is 19.2 Å². The normalized spacial score (nSPS) is 14.1. The molecule has 8 nitrogen and oxygen atoms in total. The molecule has 0 aromatic rings. The second-order valence-corrected chi connectivity index (χ2v) is 8.32. The number of carbonyl (C=O) groups is 4. The van der Waals surface area contributed by atoms with Crippen molar-refractivity contribution in [3.05, 3.63) is 0 Å². The van der Waals surface area contributed by atoms with E-state index in [0.29, 0.717) is 6.42 Å². The van der Waals surface area contributed by atoms with Crippen LogP contribution < -0.4 is 0 Å². The quantitative estimate of drug-likeness (QED) is 0.408. The number of rotatable bonds is 11. The van der Waals surface area contributed by atoms with E-state index in [2.05, 4.69) is 0 Å². The van der Waals surface area contributed by atoms with Gasteiger partial charge in [0, 0.05) is 0 Å². The molecular formula is C19H32O8. The molecule has 2 atom stereocenters. The van der Waals surface area contributed by atoms with Crippen LogP contribution in [-0.4, -0.2) is 47.3 Å². The van der Waals surface area contributed by atoms with Crippen molar-refractivity contribution < 1.29 is 38.9 Å². The summed E-state index contributed by atoms with van der Waals surface area (Å²) >= 11 is 0. The first-order valence-corrected chi connectivity index (χ1v) is 9.02. The number of ether oxygens (including phenoxy) is 2. The molecule has 0 aromatic carbocycles. The molecule has 0 amide bonds. The fourth-order valence-electron chi connectivity index (χ4n) is 2.44. The molecule has 0 fully saturated rings. The highest BCUT2D eigenvalue weighted by Gasteiger charge is 2.37. The molecule has 0 bridgehead atoms. The average molecular weight is 388 g/mol. The Kier molecular flexibility index (Phi) is 9.47. The van der Waals surface area contributed by atoms with Gasteiger partial charge in [0.15, 0.2) is 0 Å². The lowest BCUT2D eigenvalue weighted by Crippen LogP contribution is -2.34. The fraction of sp³-hybridized carbons (Fsp3) is 0.789. The van der Waals surface area contributed by atoms with Crippen LogP contribution in [0.5, 0.6) is 0 Å². The second kappa shape index (κ2) is 10.3. The summed E-state index contributed by atoms with van der Waals surface area (Å²) < 4.78 is 10.1. The van der Waals surface area contributed by atoms with E-state index in [9.17, 15) is 24.3 Å². The number of carbonyl (C=O) groups excluding carboxylic acids is 2. The minimum atomic E-state index is -1.14. The molecule has 0 rings (SSSR count). The molecule has 0 saturated heterocycles. The second-order valence-electron chi connectivity index (χ2n) is 8.32. The van der Waals surface area contributed by atoms with Crippen molar-refractivity contribution in [2.75, 3.05) is 13.2 Å². The summed E-state index contributed by atoms with van der Waals surface area (Å²) in [7, 11) is 0. The molecule has 0 aliphatic heterocycles. The highest BCUT2D eigenvalue weighted by molar-refractivity contribution is 5.78. The minimum absolute atomic E-state index is 0.0489. The summed E-state index contributed by atoms with van der Waals surface area (Å²) in [5.41, 5.74) is -1.77. The van der Waals surface area contributed by atoms with Crippen LogP contribution in [0.25, 0.3) is 0 Å². The molecule has 27 heavy (non-hydrogen) atoms. The lowest BCUT2D eigenvalue weighted by molar-refractivity contribution is -0.163. The van der Waals surface area contributed by atoms with Gasteiger partial charge in [-0.05, 0) is 53.9 Å². The maximum atomic E-state index is 12.3. The molecule has 2 N–H and O–H groups in total. The van der Waals surface area contributed by atoms with Crippen LogP contribution in [0.1, 0.15) is 60.8 Å². The van der Waals surface area contributed by atoms with E-state index in [1.165, 1.54) is 0 Å². The minimum Gasteiger partial charge on any atom is -0.481 e. The molecule has 0 aliphatic carbocycles. The van der Waals surface area contributed by atoms with E-state index in [1.54, 1.807) is 41.5 Å². The smallest absolute Gasteiger partial charge is 0.311 e.